The predicted molar refractivity (Wildman–Crippen MR) is 117 cm³/mol. The second-order valence-corrected chi connectivity index (χ2v) is 8.19. The molecular formula is C23H16ClF9N2O3. The van der Waals surface area contributed by atoms with Crippen molar-refractivity contribution in [3.05, 3.63) is 75.3 Å². The molecule has 0 aliphatic carbocycles. The maximum atomic E-state index is 13.7. The zero-order valence-electron chi connectivity index (χ0n) is 19.0. The Morgan fingerprint density at radius 1 is 0.868 bits per heavy atom. The zero-order chi connectivity index (χ0) is 29.1. The van der Waals surface area contributed by atoms with Crippen LogP contribution in [0, 0.1) is 6.92 Å². The van der Waals surface area contributed by atoms with Crippen molar-refractivity contribution in [2.75, 3.05) is 13.1 Å². The first-order valence-corrected chi connectivity index (χ1v) is 10.6. The van der Waals surface area contributed by atoms with Gasteiger partial charge in [0.25, 0.3) is 5.91 Å². The van der Waals surface area contributed by atoms with Crippen LogP contribution in [0.2, 0.25) is 5.02 Å². The summed E-state index contributed by atoms with van der Waals surface area (Å²) in [6, 6.07) is 4.23. The molecule has 2 aromatic rings. The number of rotatable bonds is 7. The average Bonchev–Trinajstić information content (AvgIpc) is 2.77. The highest BCUT2D eigenvalue weighted by Gasteiger charge is 2.38. The molecule has 0 aliphatic heterocycles. The molecule has 0 fully saturated rings. The van der Waals surface area contributed by atoms with Crippen molar-refractivity contribution in [3.8, 4) is 0 Å². The van der Waals surface area contributed by atoms with Crippen molar-refractivity contribution in [1.29, 1.82) is 0 Å². The van der Waals surface area contributed by atoms with E-state index in [2.05, 4.69) is 5.32 Å². The molecule has 0 radical (unpaired) electrons. The average molecular weight is 575 g/mol. The molecule has 0 saturated heterocycles. The summed E-state index contributed by atoms with van der Waals surface area (Å²) in [6.45, 7) is -1.14. The van der Waals surface area contributed by atoms with Crippen LogP contribution in [0.15, 0.2) is 42.5 Å². The van der Waals surface area contributed by atoms with Crippen molar-refractivity contribution in [2.45, 2.75) is 25.5 Å². The first kappa shape index (κ1) is 30.7. The van der Waals surface area contributed by atoms with E-state index >= 15 is 0 Å². The van der Waals surface area contributed by atoms with Crippen molar-refractivity contribution >= 4 is 34.8 Å². The number of carbonyl (C=O) groups is 3. The summed E-state index contributed by atoms with van der Waals surface area (Å²) in [5, 5.41) is 2.94. The topological polar surface area (TPSA) is 75.3 Å². The highest BCUT2D eigenvalue weighted by atomic mass is 35.5. The van der Waals surface area contributed by atoms with Crippen LogP contribution < -0.4 is 10.6 Å². The first-order valence-electron chi connectivity index (χ1n) is 10.2. The molecule has 2 amide bonds. The Kier molecular flexibility index (Phi) is 9.25. The summed E-state index contributed by atoms with van der Waals surface area (Å²) >= 11 is 5.56. The summed E-state index contributed by atoms with van der Waals surface area (Å²) < 4.78 is 116. The highest BCUT2D eigenvalue weighted by Crippen LogP contribution is 2.39. The lowest BCUT2D eigenvalue weighted by Crippen LogP contribution is -2.41. The van der Waals surface area contributed by atoms with E-state index in [-0.39, 0.29) is 28.8 Å². The van der Waals surface area contributed by atoms with Gasteiger partial charge in [0.1, 0.15) is 6.54 Å². The Bertz CT molecular complexity index is 1270. The number of amides is 2. The fourth-order valence-electron chi connectivity index (χ4n) is 3.04. The third kappa shape index (κ3) is 8.78. The molecule has 2 rings (SSSR count). The van der Waals surface area contributed by atoms with Crippen LogP contribution in [-0.2, 0) is 11.0 Å². The number of nitrogens with one attached hydrogen (secondary N) is 2. The summed E-state index contributed by atoms with van der Waals surface area (Å²) in [7, 11) is 0. The minimum absolute atomic E-state index is 0.0492. The Hall–Kier alpha value is -3.55. The van der Waals surface area contributed by atoms with E-state index in [0.717, 1.165) is 18.2 Å². The van der Waals surface area contributed by atoms with Crippen LogP contribution in [0.3, 0.4) is 0 Å². The number of benzene rings is 2. The lowest BCUT2D eigenvalue weighted by atomic mass is 9.97. The van der Waals surface area contributed by atoms with E-state index in [9.17, 15) is 53.9 Å². The van der Waals surface area contributed by atoms with E-state index in [1.165, 1.54) is 12.2 Å². The summed E-state index contributed by atoms with van der Waals surface area (Å²) in [5.41, 5.74) is -4.60. The van der Waals surface area contributed by atoms with Gasteiger partial charge < -0.3 is 10.6 Å². The molecule has 2 N–H and O–H groups in total. The smallest absolute Gasteiger partial charge is 0.345 e. The first-order chi connectivity index (χ1) is 17.3. The minimum atomic E-state index is -5.25. The van der Waals surface area contributed by atoms with Gasteiger partial charge in [0.15, 0.2) is 5.78 Å². The molecule has 38 heavy (non-hydrogen) atoms. The lowest BCUT2D eigenvalue weighted by Gasteiger charge is -2.15. The third-order valence-electron chi connectivity index (χ3n) is 4.77. The number of halogens is 10. The molecule has 0 atom stereocenters. The van der Waals surface area contributed by atoms with Gasteiger partial charge in [-0.25, -0.2) is 0 Å². The fourth-order valence-corrected chi connectivity index (χ4v) is 3.28. The number of allylic oxidation sites excluding steroid dienone is 2. The van der Waals surface area contributed by atoms with Gasteiger partial charge >= 0.3 is 18.5 Å². The quantitative estimate of drug-likeness (QED) is 0.246. The summed E-state index contributed by atoms with van der Waals surface area (Å²) in [4.78, 5) is 36.2. The standard InChI is InChI=1S/C23H16ClF9N2O3/c1-11-4-12(2-3-16(11)20(38)34-9-19(37)35-10-21(25,26)27)18(36)8-17(23(31,32)33)13-5-14(22(28,29)30)7-15(24)6-13/h2-8H,9-10H2,1H3,(H,34,38)(H,35,37)/b17-8-. The Morgan fingerprint density at radius 2 is 1.50 bits per heavy atom. The van der Waals surface area contributed by atoms with Crippen molar-refractivity contribution in [1.82, 2.24) is 10.6 Å². The van der Waals surface area contributed by atoms with Crippen LogP contribution in [0.1, 0.15) is 37.4 Å². The van der Waals surface area contributed by atoms with Crippen molar-refractivity contribution in [2.24, 2.45) is 0 Å². The van der Waals surface area contributed by atoms with Crippen LogP contribution in [0.5, 0.6) is 0 Å². The normalized spacial score (nSPS) is 12.8. The van der Waals surface area contributed by atoms with Crippen molar-refractivity contribution in [3.63, 3.8) is 0 Å². The van der Waals surface area contributed by atoms with Gasteiger partial charge in [-0.05, 0) is 54.5 Å². The lowest BCUT2D eigenvalue weighted by molar-refractivity contribution is -0.137. The molecule has 206 valence electrons. The Balaban J connectivity index is 2.29. The van der Waals surface area contributed by atoms with Crippen LogP contribution in [0.25, 0.3) is 5.57 Å². The van der Waals surface area contributed by atoms with Gasteiger partial charge in [0.2, 0.25) is 5.91 Å². The van der Waals surface area contributed by atoms with E-state index in [0.29, 0.717) is 12.1 Å². The fraction of sp³-hybridized carbons (Fsp3) is 0.261. The van der Waals surface area contributed by atoms with E-state index < -0.39 is 70.9 Å². The molecule has 0 heterocycles. The van der Waals surface area contributed by atoms with E-state index in [4.69, 9.17) is 11.6 Å². The molecule has 0 unspecified atom stereocenters. The van der Waals surface area contributed by atoms with Gasteiger partial charge in [0, 0.05) is 16.1 Å². The molecule has 15 heteroatoms. The molecule has 0 aliphatic rings. The molecule has 2 aromatic carbocycles. The zero-order valence-corrected chi connectivity index (χ0v) is 19.7. The maximum Gasteiger partial charge on any atom is 0.417 e. The molecule has 0 saturated carbocycles. The molecule has 5 nitrogen and oxygen atoms in total. The second-order valence-electron chi connectivity index (χ2n) is 7.75. The van der Waals surface area contributed by atoms with Crippen LogP contribution in [0.4, 0.5) is 39.5 Å². The number of hydrogen-bond acceptors (Lipinski definition) is 3. The van der Waals surface area contributed by atoms with Crippen LogP contribution >= 0.6 is 11.6 Å². The Labute approximate surface area is 213 Å². The van der Waals surface area contributed by atoms with E-state index in [1.54, 1.807) is 0 Å². The largest absolute Gasteiger partial charge is 0.417 e. The van der Waals surface area contributed by atoms with Gasteiger partial charge in [-0.2, -0.15) is 39.5 Å². The van der Waals surface area contributed by atoms with Gasteiger partial charge in [-0.1, -0.05) is 17.7 Å². The monoisotopic (exact) mass is 574 g/mol. The van der Waals surface area contributed by atoms with Crippen molar-refractivity contribution < 1.29 is 53.9 Å². The van der Waals surface area contributed by atoms with Gasteiger partial charge in [-0.3, -0.25) is 14.4 Å². The highest BCUT2D eigenvalue weighted by molar-refractivity contribution is 6.30. The molecule has 0 bridgehead atoms. The Morgan fingerprint density at radius 3 is 2.03 bits per heavy atom. The SMILES string of the molecule is Cc1cc(C(=O)/C=C(/c2cc(Cl)cc(C(F)(F)F)c2)C(F)(F)F)ccc1C(=O)NCC(=O)NCC(F)(F)F. The molecule has 0 spiro atoms. The molecular weight excluding hydrogens is 559 g/mol. The third-order valence-corrected chi connectivity index (χ3v) is 4.99. The maximum absolute atomic E-state index is 13.7. The second kappa shape index (κ2) is 11.5. The van der Waals surface area contributed by atoms with Gasteiger partial charge in [-0.15, -0.1) is 0 Å². The summed E-state index contributed by atoms with van der Waals surface area (Å²) in [5.74, 6) is -3.32. The number of carbonyl (C=O) groups excluding carboxylic acids is 3. The summed E-state index contributed by atoms with van der Waals surface area (Å²) in [6.07, 6.45) is -14.8. The van der Waals surface area contributed by atoms with Crippen LogP contribution in [-0.4, -0.2) is 43.0 Å². The van der Waals surface area contributed by atoms with E-state index in [1.807, 2.05) is 0 Å². The minimum Gasteiger partial charge on any atom is -0.345 e. The molecule has 0 aromatic heterocycles. The predicted octanol–water partition coefficient (Wildman–Crippen LogP) is 5.90. The number of ketones is 1. The number of alkyl halides is 9. The number of aryl methyl sites for hydroxylation is 1. The van der Waals surface area contributed by atoms with Gasteiger partial charge in [0.05, 0.1) is 17.7 Å². The number of hydrogen-bond donors (Lipinski definition) is 2.